The van der Waals surface area contributed by atoms with E-state index in [1.165, 1.54) is 24.5 Å². The molecule has 0 saturated heterocycles. The molecule has 0 bridgehead atoms. The minimum Gasteiger partial charge on any atom is -0.394 e. The van der Waals surface area contributed by atoms with Crippen LogP contribution < -0.4 is 27.0 Å². The van der Waals surface area contributed by atoms with Gasteiger partial charge in [0, 0.05) is 13.1 Å². The molecule has 3 heterocycles. The normalized spacial score (nSPS) is 9.97. The number of isothiocyanates is 1. The Morgan fingerprint density at radius 3 is 1.80 bits per heavy atom. The molecule has 19 heteroatoms. The predicted molar refractivity (Wildman–Crippen MR) is 235 cm³/mol. The van der Waals surface area contributed by atoms with Gasteiger partial charge in [-0.1, -0.05) is 74.5 Å². The van der Waals surface area contributed by atoms with Crippen LogP contribution in [0.3, 0.4) is 0 Å². The van der Waals surface area contributed by atoms with E-state index in [0.717, 1.165) is 24.3 Å². The zero-order valence-corrected chi connectivity index (χ0v) is 32.4. The van der Waals surface area contributed by atoms with Crippen molar-refractivity contribution in [2.75, 3.05) is 33.5 Å². The average Bonchev–Trinajstić information content (AvgIpc) is 3.54. The molecule has 7 rings (SSSR count). The van der Waals surface area contributed by atoms with Crippen LogP contribution in [0.4, 0.5) is 69.7 Å². The van der Waals surface area contributed by atoms with Gasteiger partial charge in [-0.15, -0.1) is 0 Å². The number of nitrogens with zero attached hydrogens (tertiary/aromatic N) is 7. The van der Waals surface area contributed by atoms with Crippen LogP contribution in [0.25, 0.3) is 11.2 Å². The third kappa shape index (κ3) is 12.3. The number of imidazole rings is 1. The van der Waals surface area contributed by atoms with Crippen molar-refractivity contribution >= 4 is 104 Å². The summed E-state index contributed by atoms with van der Waals surface area (Å²) >= 11 is 16.3. The largest absolute Gasteiger partial charge is 0.394 e. The van der Waals surface area contributed by atoms with Crippen molar-refractivity contribution in [3.63, 3.8) is 0 Å². The van der Waals surface area contributed by atoms with Crippen molar-refractivity contribution in [3.05, 3.63) is 131 Å². The van der Waals surface area contributed by atoms with Crippen LogP contribution in [0, 0.1) is 23.3 Å². The Morgan fingerprint density at radius 2 is 1.25 bits per heavy atom. The van der Waals surface area contributed by atoms with Crippen LogP contribution in [0.2, 0.25) is 10.0 Å². The van der Waals surface area contributed by atoms with Crippen LogP contribution in [0.15, 0.2) is 102 Å². The first-order valence-electron chi connectivity index (χ1n) is 16.9. The summed E-state index contributed by atoms with van der Waals surface area (Å²) in [6.45, 7) is 5.00. The van der Waals surface area contributed by atoms with Crippen LogP contribution >= 0.6 is 35.4 Å². The molecule has 0 aliphatic carbocycles. The van der Waals surface area contributed by atoms with Gasteiger partial charge in [-0.3, -0.25) is 4.57 Å². The highest BCUT2D eigenvalue weighted by atomic mass is 35.5. The monoisotopic (exact) mass is 866 g/mol. The summed E-state index contributed by atoms with van der Waals surface area (Å²) in [5, 5.41) is 14.6. The maximum Gasteiger partial charge on any atom is 0.229 e. The smallest absolute Gasteiger partial charge is 0.229 e. The molecule has 0 unspecified atom stereocenters. The third-order valence-electron chi connectivity index (χ3n) is 7.50. The van der Waals surface area contributed by atoms with E-state index in [-0.39, 0.29) is 38.1 Å². The number of nitrogens with two attached hydrogens (primary N) is 1. The van der Waals surface area contributed by atoms with Gasteiger partial charge < -0.3 is 27.0 Å². The Morgan fingerprint density at radius 1 is 0.712 bits per heavy atom. The Bertz CT molecular complexity index is 2500. The first-order valence-corrected chi connectivity index (χ1v) is 18.0. The molecule has 0 aliphatic heterocycles. The number of thiocarbonyl (C=S) groups is 1. The van der Waals surface area contributed by atoms with Gasteiger partial charge in [-0.2, -0.15) is 15.0 Å². The number of rotatable bonds is 10. The fraction of sp³-hybridized carbons (Fsp3) is 0.150. The molecule has 0 fully saturated rings. The minimum absolute atomic E-state index is 0. The number of aromatic nitrogens is 6. The number of hydrogen-bond acceptors (Lipinski definition) is 12. The summed E-state index contributed by atoms with van der Waals surface area (Å²) in [5.74, 6) is -1.81. The fourth-order valence-corrected chi connectivity index (χ4v) is 5.33. The van der Waals surface area contributed by atoms with E-state index < -0.39 is 23.3 Å². The molecule has 0 aliphatic rings. The van der Waals surface area contributed by atoms with Crippen molar-refractivity contribution < 1.29 is 17.6 Å². The molecule has 0 atom stereocenters. The van der Waals surface area contributed by atoms with Crippen molar-refractivity contribution in [2.24, 2.45) is 4.99 Å². The maximum atomic E-state index is 13.9. The molecule has 308 valence electrons. The molecule has 6 N–H and O–H groups in total. The Labute approximate surface area is 354 Å². The van der Waals surface area contributed by atoms with Crippen LogP contribution in [0.1, 0.15) is 28.7 Å². The number of para-hydroxylation sites is 4. The topological polar surface area (TPSA) is 156 Å². The van der Waals surface area contributed by atoms with Gasteiger partial charge in [0.1, 0.15) is 40.2 Å². The molecule has 12 nitrogen and oxygen atoms in total. The number of benzene rings is 4. The van der Waals surface area contributed by atoms with Gasteiger partial charge in [0.15, 0.2) is 11.5 Å². The number of anilines is 8. The van der Waals surface area contributed by atoms with E-state index in [0.29, 0.717) is 63.1 Å². The number of fused-ring (bicyclic) bond motifs is 1. The summed E-state index contributed by atoms with van der Waals surface area (Å²) < 4.78 is 56.5. The second-order valence-corrected chi connectivity index (χ2v) is 12.3. The second kappa shape index (κ2) is 22.5. The lowest BCUT2D eigenvalue weighted by Crippen LogP contribution is -2.08. The lowest BCUT2D eigenvalue weighted by atomic mass is 10.3. The molecule has 0 spiro atoms. The Hall–Kier alpha value is -6.39. The van der Waals surface area contributed by atoms with Crippen LogP contribution in [0.5, 0.6) is 0 Å². The number of hydrogen-bond donors (Lipinski definition) is 5. The minimum atomic E-state index is -0.728. The third-order valence-corrected chi connectivity index (χ3v) is 8.24. The highest BCUT2D eigenvalue weighted by molar-refractivity contribution is 7.78. The summed E-state index contributed by atoms with van der Waals surface area (Å²) in [5.41, 5.74) is 7.85. The van der Waals surface area contributed by atoms with Gasteiger partial charge in [0.25, 0.3) is 0 Å². The molecular weight excluding hydrogens is 827 g/mol. The molecule has 0 saturated carbocycles. The van der Waals surface area contributed by atoms with Gasteiger partial charge in [0.05, 0.1) is 44.7 Å². The van der Waals surface area contributed by atoms with E-state index in [9.17, 15) is 17.6 Å². The van der Waals surface area contributed by atoms with Gasteiger partial charge in [-0.25, -0.2) is 32.5 Å². The summed E-state index contributed by atoms with van der Waals surface area (Å²) in [4.78, 5) is 24.7. The first-order chi connectivity index (χ1) is 27.5. The number of aryl methyl sites for hydroxylation is 1. The van der Waals surface area contributed by atoms with E-state index in [1.54, 1.807) is 18.2 Å². The molecule has 0 radical (unpaired) electrons. The Kier molecular flexibility index (Phi) is 17.9. The van der Waals surface area contributed by atoms with Crippen molar-refractivity contribution in [1.29, 1.82) is 0 Å². The first kappa shape index (κ1) is 47.0. The zero-order valence-electron chi connectivity index (χ0n) is 30.0. The van der Waals surface area contributed by atoms with E-state index in [4.69, 9.17) is 28.9 Å². The van der Waals surface area contributed by atoms with Gasteiger partial charge in [-0.05, 0) is 74.6 Å². The molecule has 3 aromatic heterocycles. The van der Waals surface area contributed by atoms with E-state index in [2.05, 4.69) is 68.6 Å². The quantitative estimate of drug-likeness (QED) is 0.0506. The lowest BCUT2D eigenvalue weighted by molar-refractivity contribution is 0.589. The predicted octanol–water partition coefficient (Wildman–Crippen LogP) is 12.1. The molecule has 0 amide bonds. The Balaban J connectivity index is 0.000000260. The van der Waals surface area contributed by atoms with Crippen molar-refractivity contribution in [1.82, 2.24) is 29.5 Å². The maximum absolute atomic E-state index is 13.9. The SMILES string of the molecule is C.C.CCNc1nc(Nc2c(F)cccc2F)ncc1N.CCn1c(Nc2ccccc2Cl)nc2cnc(Nc3c(F)cccc3F)nc21.S=C=Nc1ccccc1Cl. The number of aliphatic imine (C=N–C) groups is 1. The number of nitrogen functional groups attached to an aromatic ring is 1. The average molecular weight is 868 g/mol. The second-order valence-electron chi connectivity index (χ2n) is 11.3. The van der Waals surface area contributed by atoms with Gasteiger partial charge >= 0.3 is 0 Å². The summed E-state index contributed by atoms with van der Waals surface area (Å²) in [7, 11) is 0. The number of halogens is 6. The van der Waals surface area contributed by atoms with Gasteiger partial charge in [0.2, 0.25) is 17.8 Å². The molecule has 4 aromatic carbocycles. The molecule has 59 heavy (non-hydrogen) atoms. The lowest BCUT2D eigenvalue weighted by Gasteiger charge is -2.10. The number of nitrogens with one attached hydrogen (secondary N) is 4. The summed E-state index contributed by atoms with van der Waals surface area (Å²) in [6, 6.07) is 21.7. The van der Waals surface area contributed by atoms with Crippen molar-refractivity contribution in [3.8, 4) is 0 Å². The van der Waals surface area contributed by atoms with Crippen LogP contribution in [-0.4, -0.2) is 41.2 Å². The fourth-order valence-electron chi connectivity index (χ4n) is 4.87. The summed E-state index contributed by atoms with van der Waals surface area (Å²) in [6.07, 6.45) is 2.86. The van der Waals surface area contributed by atoms with Crippen LogP contribution in [-0.2, 0) is 6.54 Å². The highest BCUT2D eigenvalue weighted by Gasteiger charge is 2.16. The zero-order chi connectivity index (χ0) is 40.9. The molecule has 7 aromatic rings. The molecular formula is C40H40Cl2F4N12S. The van der Waals surface area contributed by atoms with E-state index in [1.807, 2.05) is 48.7 Å². The highest BCUT2D eigenvalue weighted by Crippen LogP contribution is 2.28. The standard InChI is InChI=1S/C19H15ClF2N6.C12H13F2N5.C7H4ClNS.2CH4/c1-2-28-17-15(25-19(28)24-14-9-4-3-6-11(14)20)10-23-18(27-17)26-16-12(21)7-5-8-13(16)22;1-2-16-11-9(15)6-17-12(19-11)18-10-7(13)4-3-5-8(10)14;8-6-3-1-2-4-7(6)9-5-10;;/h3-10H,2H2,1H3,(H,24,25)(H,23,26,27);3-6H,2,15H2,1H3,(H2,16,17,18,19);1-4H;2*1H4. The van der Waals surface area contributed by atoms with E-state index >= 15 is 0 Å². The van der Waals surface area contributed by atoms with Crippen molar-refractivity contribution in [2.45, 2.75) is 35.2 Å².